The largest absolute Gasteiger partial charge is 0.337 e. The summed E-state index contributed by atoms with van der Waals surface area (Å²) in [4.78, 5) is 19.0. The van der Waals surface area contributed by atoms with Gasteiger partial charge in [0.05, 0.1) is 12.4 Å². The van der Waals surface area contributed by atoms with Crippen molar-refractivity contribution in [2.75, 3.05) is 13.1 Å². The van der Waals surface area contributed by atoms with Gasteiger partial charge in [0.2, 0.25) is 0 Å². The molecule has 1 aliphatic heterocycles. The number of rotatable bonds is 4. The summed E-state index contributed by atoms with van der Waals surface area (Å²) >= 11 is 0. The molecule has 128 valence electrons. The summed E-state index contributed by atoms with van der Waals surface area (Å²) in [5.74, 6) is 0.101. The molecule has 1 fully saturated rings. The number of piperidine rings is 1. The summed E-state index contributed by atoms with van der Waals surface area (Å²) in [5.41, 5.74) is 1.85. The van der Waals surface area contributed by atoms with Crippen LogP contribution in [-0.4, -0.2) is 43.2 Å². The summed E-state index contributed by atoms with van der Waals surface area (Å²) in [6.07, 6.45) is 11.3. The Balaban J connectivity index is 1.48. The van der Waals surface area contributed by atoms with E-state index in [1.54, 1.807) is 18.7 Å². The van der Waals surface area contributed by atoms with E-state index in [0.717, 1.165) is 37.1 Å². The van der Waals surface area contributed by atoms with Crippen LogP contribution in [0.2, 0.25) is 0 Å². The lowest BCUT2D eigenvalue weighted by Crippen LogP contribution is -2.40. The first-order chi connectivity index (χ1) is 12.3. The number of carbonyl (C=O) groups excluding carboxylic acids is 1. The van der Waals surface area contributed by atoms with Gasteiger partial charge in [-0.3, -0.25) is 9.48 Å². The van der Waals surface area contributed by atoms with Crippen LogP contribution in [0.15, 0.2) is 61.4 Å². The van der Waals surface area contributed by atoms with Crippen molar-refractivity contribution in [2.24, 2.45) is 0 Å². The molecule has 0 N–H and O–H groups in total. The van der Waals surface area contributed by atoms with Crippen molar-refractivity contribution in [3.05, 3.63) is 72.6 Å². The van der Waals surface area contributed by atoms with Gasteiger partial charge in [-0.05, 0) is 36.6 Å². The van der Waals surface area contributed by atoms with Gasteiger partial charge < -0.3 is 9.47 Å². The fourth-order valence-electron chi connectivity index (χ4n) is 3.43. The van der Waals surface area contributed by atoms with Gasteiger partial charge in [0.1, 0.15) is 0 Å². The monoisotopic (exact) mass is 335 g/mol. The van der Waals surface area contributed by atoms with Crippen molar-refractivity contribution >= 4 is 5.91 Å². The topological polar surface area (TPSA) is 56.0 Å². The lowest BCUT2D eigenvalue weighted by Gasteiger charge is -2.33. The molecule has 3 heterocycles. The summed E-state index contributed by atoms with van der Waals surface area (Å²) in [7, 11) is 0. The molecule has 3 aromatic rings. The predicted octanol–water partition coefficient (Wildman–Crippen LogP) is 2.61. The number of imidazole rings is 1. The summed E-state index contributed by atoms with van der Waals surface area (Å²) in [6, 6.07) is 10.1. The van der Waals surface area contributed by atoms with Crippen LogP contribution in [0.4, 0.5) is 0 Å². The maximum Gasteiger partial charge on any atom is 0.253 e. The maximum absolute atomic E-state index is 12.9. The smallest absolute Gasteiger partial charge is 0.253 e. The number of hydrogen-bond acceptors (Lipinski definition) is 3. The zero-order valence-corrected chi connectivity index (χ0v) is 14.0. The Morgan fingerprint density at radius 3 is 2.96 bits per heavy atom. The highest BCUT2D eigenvalue weighted by atomic mass is 16.2. The molecule has 0 saturated carbocycles. The van der Waals surface area contributed by atoms with Gasteiger partial charge in [-0.1, -0.05) is 12.1 Å². The van der Waals surface area contributed by atoms with Crippen molar-refractivity contribution in [3.8, 4) is 0 Å². The highest BCUT2D eigenvalue weighted by molar-refractivity contribution is 5.94. The second kappa shape index (κ2) is 6.93. The quantitative estimate of drug-likeness (QED) is 0.736. The van der Waals surface area contributed by atoms with E-state index in [2.05, 4.69) is 10.1 Å². The van der Waals surface area contributed by atoms with Crippen LogP contribution >= 0.6 is 0 Å². The minimum atomic E-state index is 0.101. The van der Waals surface area contributed by atoms with Crippen molar-refractivity contribution in [3.63, 3.8) is 0 Å². The third-order valence-electron chi connectivity index (χ3n) is 4.68. The first-order valence-corrected chi connectivity index (χ1v) is 8.63. The molecule has 0 unspecified atom stereocenters. The Hall–Kier alpha value is -2.89. The fraction of sp³-hybridized carbons (Fsp3) is 0.316. The number of aromatic nitrogens is 4. The molecule has 4 rings (SSSR count). The van der Waals surface area contributed by atoms with Crippen LogP contribution in [0, 0.1) is 0 Å². The van der Waals surface area contributed by atoms with Crippen LogP contribution in [0.25, 0.3) is 0 Å². The van der Waals surface area contributed by atoms with Crippen LogP contribution in [0.5, 0.6) is 0 Å². The maximum atomic E-state index is 12.9. The second-order valence-electron chi connectivity index (χ2n) is 6.47. The van der Waals surface area contributed by atoms with Crippen molar-refractivity contribution in [1.82, 2.24) is 24.2 Å². The molecule has 1 saturated heterocycles. The van der Waals surface area contributed by atoms with E-state index in [1.807, 2.05) is 56.9 Å². The molecule has 6 nitrogen and oxygen atoms in total. The molecule has 6 heteroatoms. The SMILES string of the molecule is O=C(c1cccc(Cn2ccnc2)c1)N1CCC[C@H](n2cccn2)C1. The normalized spacial score (nSPS) is 17.6. The average Bonchev–Trinajstić information content (AvgIpc) is 3.35. The van der Waals surface area contributed by atoms with E-state index in [4.69, 9.17) is 0 Å². The number of amides is 1. The molecule has 1 aliphatic rings. The molecule has 0 aliphatic carbocycles. The number of carbonyl (C=O) groups is 1. The van der Waals surface area contributed by atoms with Crippen LogP contribution < -0.4 is 0 Å². The zero-order chi connectivity index (χ0) is 17.1. The summed E-state index contributed by atoms with van der Waals surface area (Å²) in [6.45, 7) is 2.24. The van der Waals surface area contributed by atoms with Crippen LogP contribution in [0.3, 0.4) is 0 Å². The first kappa shape index (κ1) is 15.6. The van der Waals surface area contributed by atoms with Gasteiger partial charge in [-0.15, -0.1) is 0 Å². The standard InChI is InChI=1S/C19H21N5O/c25-19(23-9-2-6-18(14-23)24-10-3-7-21-24)17-5-1-4-16(12-17)13-22-11-8-20-15-22/h1,3-5,7-8,10-12,15,18H,2,6,9,13-14H2/t18-/m0/s1. The minimum absolute atomic E-state index is 0.101. The first-order valence-electron chi connectivity index (χ1n) is 8.63. The molecular formula is C19H21N5O. The van der Waals surface area contributed by atoms with Gasteiger partial charge in [0, 0.05) is 50.0 Å². The van der Waals surface area contributed by atoms with E-state index < -0.39 is 0 Å². The fourth-order valence-corrected chi connectivity index (χ4v) is 3.43. The van der Waals surface area contributed by atoms with Crippen LogP contribution in [-0.2, 0) is 6.54 Å². The molecule has 1 atom stereocenters. The van der Waals surface area contributed by atoms with Crippen molar-refractivity contribution < 1.29 is 4.79 Å². The number of likely N-dealkylation sites (tertiary alicyclic amines) is 1. The number of nitrogens with zero attached hydrogens (tertiary/aromatic N) is 5. The van der Waals surface area contributed by atoms with Gasteiger partial charge in [0.15, 0.2) is 0 Å². The van der Waals surface area contributed by atoms with Gasteiger partial charge in [-0.2, -0.15) is 5.10 Å². The van der Waals surface area contributed by atoms with Gasteiger partial charge >= 0.3 is 0 Å². The summed E-state index contributed by atoms with van der Waals surface area (Å²) < 4.78 is 3.97. The molecule has 1 aromatic carbocycles. The Kier molecular flexibility index (Phi) is 4.33. The van der Waals surface area contributed by atoms with Crippen LogP contribution in [0.1, 0.15) is 34.8 Å². The molecule has 0 radical (unpaired) electrons. The van der Waals surface area contributed by atoms with Crippen molar-refractivity contribution in [2.45, 2.75) is 25.4 Å². The lowest BCUT2D eigenvalue weighted by molar-refractivity contribution is 0.0673. The molecule has 0 spiro atoms. The molecule has 0 bridgehead atoms. The van der Waals surface area contributed by atoms with E-state index in [-0.39, 0.29) is 11.9 Å². The average molecular weight is 335 g/mol. The Labute approximate surface area is 146 Å². The van der Waals surface area contributed by atoms with Crippen molar-refractivity contribution in [1.29, 1.82) is 0 Å². The third-order valence-corrected chi connectivity index (χ3v) is 4.68. The highest BCUT2D eigenvalue weighted by Crippen LogP contribution is 2.22. The Bertz CT molecular complexity index is 825. The van der Waals surface area contributed by atoms with Gasteiger partial charge in [0.25, 0.3) is 5.91 Å². The predicted molar refractivity (Wildman–Crippen MR) is 94.2 cm³/mol. The molecule has 25 heavy (non-hydrogen) atoms. The number of hydrogen-bond donors (Lipinski definition) is 0. The van der Waals surface area contributed by atoms with E-state index in [0.29, 0.717) is 6.54 Å². The molecule has 2 aromatic heterocycles. The number of benzene rings is 1. The minimum Gasteiger partial charge on any atom is -0.337 e. The zero-order valence-electron chi connectivity index (χ0n) is 14.0. The Morgan fingerprint density at radius 1 is 1.20 bits per heavy atom. The van der Waals surface area contributed by atoms with E-state index in [9.17, 15) is 4.79 Å². The second-order valence-corrected chi connectivity index (χ2v) is 6.47. The summed E-state index contributed by atoms with van der Waals surface area (Å²) in [5, 5.41) is 4.33. The van der Waals surface area contributed by atoms with E-state index >= 15 is 0 Å². The van der Waals surface area contributed by atoms with E-state index in [1.165, 1.54) is 0 Å². The molecular weight excluding hydrogens is 314 g/mol. The lowest BCUT2D eigenvalue weighted by atomic mass is 10.0. The Morgan fingerprint density at radius 2 is 2.16 bits per heavy atom. The molecule has 1 amide bonds. The van der Waals surface area contributed by atoms with Gasteiger partial charge in [-0.25, -0.2) is 4.98 Å². The third kappa shape index (κ3) is 3.47. The highest BCUT2D eigenvalue weighted by Gasteiger charge is 2.25.